The van der Waals surface area contributed by atoms with Crippen molar-refractivity contribution in [1.82, 2.24) is 0 Å². The number of rotatable bonds is 16. The van der Waals surface area contributed by atoms with Gasteiger partial charge in [-0.05, 0) is 37.8 Å². The molecule has 0 heterocycles. The maximum Gasteiger partial charge on any atom is 0.264 e. The van der Waals surface area contributed by atoms with Gasteiger partial charge in [-0.15, -0.1) is 5.73 Å². The minimum absolute atomic E-state index is 0.189. The minimum Gasteiger partial charge on any atom is -0.270 e. The van der Waals surface area contributed by atoms with E-state index in [4.69, 9.17) is 0 Å². The standard InChI is InChI=1S/C20H36O3S/c1-3-4-5-6-7-8-9-10-11-12-13-14-15-16-17-18-19-20-23-24(2,21)22/h13-14,16,18H,3-12,15,19-20H2,1-2H3/b14-13-. The van der Waals surface area contributed by atoms with E-state index in [1.165, 1.54) is 57.8 Å². The third kappa shape index (κ3) is 21.2. The Hall–Kier alpha value is -0.830. The van der Waals surface area contributed by atoms with Gasteiger partial charge in [-0.25, -0.2) is 0 Å². The van der Waals surface area contributed by atoms with Crippen LogP contribution in [-0.4, -0.2) is 21.3 Å². The van der Waals surface area contributed by atoms with Crippen molar-refractivity contribution in [2.45, 2.75) is 84.0 Å². The molecule has 0 bridgehead atoms. The van der Waals surface area contributed by atoms with E-state index in [9.17, 15) is 8.42 Å². The summed E-state index contributed by atoms with van der Waals surface area (Å²) in [5.41, 5.74) is 3.04. The van der Waals surface area contributed by atoms with Crippen LogP contribution in [-0.2, 0) is 14.3 Å². The molecule has 4 heteroatoms. The van der Waals surface area contributed by atoms with Gasteiger partial charge in [0.15, 0.2) is 0 Å². The van der Waals surface area contributed by atoms with Crippen LogP contribution >= 0.6 is 0 Å². The predicted molar refractivity (Wildman–Crippen MR) is 104 cm³/mol. The Morgan fingerprint density at radius 1 is 0.833 bits per heavy atom. The lowest BCUT2D eigenvalue weighted by molar-refractivity contribution is 0.328. The fraction of sp³-hybridized carbons (Fsp3) is 0.750. The number of hydrogen-bond acceptors (Lipinski definition) is 3. The van der Waals surface area contributed by atoms with Crippen LogP contribution in [0.2, 0.25) is 0 Å². The fourth-order valence-corrected chi connectivity index (χ4v) is 2.75. The molecule has 140 valence electrons. The Morgan fingerprint density at radius 2 is 1.46 bits per heavy atom. The van der Waals surface area contributed by atoms with Crippen molar-refractivity contribution < 1.29 is 12.6 Å². The van der Waals surface area contributed by atoms with Gasteiger partial charge in [0, 0.05) is 0 Å². The predicted octanol–water partition coefficient (Wildman–Crippen LogP) is 5.93. The van der Waals surface area contributed by atoms with Crippen LogP contribution in [0.3, 0.4) is 0 Å². The van der Waals surface area contributed by atoms with Gasteiger partial charge >= 0.3 is 0 Å². The van der Waals surface area contributed by atoms with Gasteiger partial charge in [0.2, 0.25) is 0 Å². The van der Waals surface area contributed by atoms with Crippen molar-refractivity contribution in [2.75, 3.05) is 12.9 Å². The van der Waals surface area contributed by atoms with E-state index in [1.54, 1.807) is 6.08 Å². The molecule has 0 N–H and O–H groups in total. The molecular formula is C20H36O3S. The van der Waals surface area contributed by atoms with E-state index in [0.717, 1.165) is 19.1 Å². The zero-order valence-corrected chi connectivity index (χ0v) is 16.5. The van der Waals surface area contributed by atoms with Gasteiger partial charge in [0.1, 0.15) is 0 Å². The highest BCUT2D eigenvalue weighted by Gasteiger charge is 1.98. The van der Waals surface area contributed by atoms with Crippen LogP contribution in [0, 0.1) is 0 Å². The molecule has 0 aromatic heterocycles. The van der Waals surface area contributed by atoms with Gasteiger partial charge in [-0.2, -0.15) is 8.42 Å². The summed E-state index contributed by atoms with van der Waals surface area (Å²) in [6, 6.07) is 0. The summed E-state index contributed by atoms with van der Waals surface area (Å²) in [5.74, 6) is 0. The van der Waals surface area contributed by atoms with Crippen molar-refractivity contribution in [2.24, 2.45) is 0 Å². The van der Waals surface area contributed by atoms with Gasteiger partial charge in [-0.1, -0.05) is 70.4 Å². The van der Waals surface area contributed by atoms with Gasteiger partial charge in [-0.3, -0.25) is 4.18 Å². The van der Waals surface area contributed by atoms with Crippen LogP contribution in [0.4, 0.5) is 0 Å². The van der Waals surface area contributed by atoms with Crippen molar-refractivity contribution in [1.29, 1.82) is 0 Å². The second-order valence-electron chi connectivity index (χ2n) is 6.21. The zero-order chi connectivity index (χ0) is 17.9. The molecule has 0 aliphatic rings. The first kappa shape index (κ1) is 23.2. The number of unbranched alkanes of at least 4 members (excludes halogenated alkanes) is 9. The van der Waals surface area contributed by atoms with Crippen LogP contribution in [0.5, 0.6) is 0 Å². The average molecular weight is 357 g/mol. The smallest absolute Gasteiger partial charge is 0.264 e. The Bertz CT molecular complexity index is 457. The molecule has 0 rings (SSSR count). The molecule has 0 spiro atoms. The largest absolute Gasteiger partial charge is 0.270 e. The molecular weight excluding hydrogens is 320 g/mol. The van der Waals surface area contributed by atoms with Crippen molar-refractivity contribution >= 4 is 10.1 Å². The molecule has 0 aromatic carbocycles. The van der Waals surface area contributed by atoms with Crippen molar-refractivity contribution in [3.05, 3.63) is 30.0 Å². The molecule has 0 aromatic rings. The second-order valence-corrected chi connectivity index (χ2v) is 7.86. The van der Waals surface area contributed by atoms with E-state index < -0.39 is 10.1 Å². The molecule has 0 saturated heterocycles. The highest BCUT2D eigenvalue weighted by molar-refractivity contribution is 7.85. The summed E-state index contributed by atoms with van der Waals surface area (Å²) in [5, 5.41) is 0. The van der Waals surface area contributed by atoms with Crippen molar-refractivity contribution in [3.63, 3.8) is 0 Å². The summed E-state index contributed by atoms with van der Waals surface area (Å²) < 4.78 is 26.1. The average Bonchev–Trinajstić information content (AvgIpc) is 2.52. The van der Waals surface area contributed by atoms with Crippen LogP contribution in [0.15, 0.2) is 30.0 Å². The van der Waals surface area contributed by atoms with E-state index in [-0.39, 0.29) is 6.61 Å². The van der Waals surface area contributed by atoms with Crippen LogP contribution < -0.4 is 0 Å². The van der Waals surface area contributed by atoms with E-state index in [1.807, 2.05) is 6.08 Å². The first-order chi connectivity index (χ1) is 11.6. The first-order valence-electron chi connectivity index (χ1n) is 9.45. The minimum atomic E-state index is -3.32. The quantitative estimate of drug-likeness (QED) is 0.149. The maximum atomic E-state index is 10.7. The summed E-state index contributed by atoms with van der Waals surface area (Å²) in [4.78, 5) is 0. The van der Waals surface area contributed by atoms with E-state index in [2.05, 4.69) is 29.0 Å². The Labute approximate surface area is 150 Å². The molecule has 0 fully saturated rings. The monoisotopic (exact) mass is 356 g/mol. The molecule has 0 atom stereocenters. The summed E-state index contributed by atoms with van der Waals surface area (Å²) >= 11 is 0. The van der Waals surface area contributed by atoms with E-state index in [0.29, 0.717) is 6.42 Å². The molecule has 0 aliphatic carbocycles. The third-order valence-electron chi connectivity index (χ3n) is 3.69. The van der Waals surface area contributed by atoms with E-state index >= 15 is 0 Å². The SMILES string of the molecule is CCCCCCCCCCC/C=C\CC=C=CCCOS(C)(=O)=O. The zero-order valence-electron chi connectivity index (χ0n) is 15.6. The molecule has 3 nitrogen and oxygen atoms in total. The number of allylic oxidation sites excluding steroid dienone is 2. The summed E-state index contributed by atoms with van der Waals surface area (Å²) in [6.07, 6.45) is 24.2. The highest BCUT2D eigenvalue weighted by atomic mass is 32.2. The molecule has 0 saturated carbocycles. The first-order valence-corrected chi connectivity index (χ1v) is 11.3. The molecule has 0 radical (unpaired) electrons. The second kappa shape index (κ2) is 17.0. The Kier molecular flexibility index (Phi) is 16.4. The van der Waals surface area contributed by atoms with Crippen LogP contribution in [0.1, 0.15) is 84.0 Å². The lowest BCUT2D eigenvalue weighted by Gasteiger charge is -2.00. The Morgan fingerprint density at radius 3 is 2.08 bits per heavy atom. The number of hydrogen-bond donors (Lipinski definition) is 0. The highest BCUT2D eigenvalue weighted by Crippen LogP contribution is 2.10. The van der Waals surface area contributed by atoms with Gasteiger partial charge in [0.25, 0.3) is 10.1 Å². The Balaban J connectivity index is 3.36. The lowest BCUT2D eigenvalue weighted by atomic mass is 10.1. The third-order valence-corrected chi connectivity index (χ3v) is 4.29. The summed E-state index contributed by atoms with van der Waals surface area (Å²) in [7, 11) is -3.32. The molecule has 0 unspecified atom stereocenters. The summed E-state index contributed by atoms with van der Waals surface area (Å²) in [6.45, 7) is 2.45. The topological polar surface area (TPSA) is 43.4 Å². The normalized spacial score (nSPS) is 11.6. The fourth-order valence-electron chi connectivity index (χ4n) is 2.35. The lowest BCUT2D eigenvalue weighted by Crippen LogP contribution is -2.02. The maximum absolute atomic E-state index is 10.7. The van der Waals surface area contributed by atoms with Crippen LogP contribution in [0.25, 0.3) is 0 Å². The van der Waals surface area contributed by atoms with Gasteiger partial charge < -0.3 is 0 Å². The van der Waals surface area contributed by atoms with Gasteiger partial charge in [0.05, 0.1) is 12.9 Å². The molecule has 24 heavy (non-hydrogen) atoms. The molecule has 0 aliphatic heterocycles. The van der Waals surface area contributed by atoms with Crippen molar-refractivity contribution in [3.8, 4) is 0 Å². The molecule has 0 amide bonds.